The Hall–Kier alpha value is -2.67. The molecule has 2 aromatic rings. The first-order chi connectivity index (χ1) is 12.0. The maximum atomic E-state index is 12.6. The second kappa shape index (κ2) is 7.06. The van der Waals surface area contributed by atoms with Crippen molar-refractivity contribution in [1.82, 2.24) is 14.9 Å². The molecule has 7 heteroatoms. The Labute approximate surface area is 145 Å². The molecule has 0 spiro atoms. The third-order valence-corrected chi connectivity index (χ3v) is 4.45. The summed E-state index contributed by atoms with van der Waals surface area (Å²) in [6.45, 7) is 1.14. The fourth-order valence-electron chi connectivity index (χ4n) is 3.01. The molecule has 1 unspecified atom stereocenters. The molecule has 1 aliphatic rings. The van der Waals surface area contributed by atoms with Crippen molar-refractivity contribution in [2.24, 2.45) is 0 Å². The summed E-state index contributed by atoms with van der Waals surface area (Å²) in [6.07, 6.45) is 0.782. The third-order valence-electron chi connectivity index (χ3n) is 4.45. The summed E-state index contributed by atoms with van der Waals surface area (Å²) in [5.41, 5.74) is 1.92. The topological polar surface area (TPSA) is 89.5 Å². The molecule has 25 heavy (non-hydrogen) atoms. The van der Waals surface area contributed by atoms with E-state index in [0.29, 0.717) is 24.6 Å². The van der Waals surface area contributed by atoms with Gasteiger partial charge in [0.25, 0.3) is 11.5 Å². The summed E-state index contributed by atoms with van der Waals surface area (Å²) >= 11 is 0. The zero-order valence-corrected chi connectivity index (χ0v) is 14.4. The Morgan fingerprint density at radius 3 is 2.72 bits per heavy atom. The van der Waals surface area contributed by atoms with Crippen molar-refractivity contribution >= 4 is 11.9 Å². The van der Waals surface area contributed by atoms with Gasteiger partial charge in [0.15, 0.2) is 0 Å². The lowest BCUT2D eigenvalue weighted by molar-refractivity contribution is 0.0790. The maximum Gasteiger partial charge on any atom is 0.253 e. The Balaban J connectivity index is 1.75. The highest BCUT2D eigenvalue weighted by Gasteiger charge is 2.29. The standard InChI is InChI=1S/C18H22N4O3/c1-21(2)18-19-15(9-16(24)20-18)14-7-8-22(10-14)17(25)13-5-3-12(11-23)4-6-13/h3-6,9,14,23H,7-8,10-11H2,1-2H3,(H,19,20,24). The van der Waals surface area contributed by atoms with E-state index in [9.17, 15) is 9.59 Å². The van der Waals surface area contributed by atoms with Gasteiger partial charge >= 0.3 is 0 Å². The number of hydrogen-bond donors (Lipinski definition) is 2. The van der Waals surface area contributed by atoms with Crippen molar-refractivity contribution in [3.05, 3.63) is 57.5 Å². The van der Waals surface area contributed by atoms with Crippen molar-refractivity contribution < 1.29 is 9.90 Å². The molecule has 0 bridgehead atoms. The zero-order valence-electron chi connectivity index (χ0n) is 14.4. The SMILES string of the molecule is CN(C)c1nc(C2CCN(C(=O)c3ccc(CO)cc3)C2)cc(=O)[nH]1. The predicted molar refractivity (Wildman–Crippen MR) is 94.8 cm³/mol. The quantitative estimate of drug-likeness (QED) is 0.864. The van der Waals surface area contributed by atoms with Gasteiger partial charge in [-0.1, -0.05) is 12.1 Å². The lowest BCUT2D eigenvalue weighted by atomic mass is 10.0. The average molecular weight is 342 g/mol. The highest BCUT2D eigenvalue weighted by Crippen LogP contribution is 2.27. The maximum absolute atomic E-state index is 12.6. The van der Waals surface area contributed by atoms with Gasteiger partial charge in [0.1, 0.15) is 0 Å². The molecular weight excluding hydrogens is 320 g/mol. The van der Waals surface area contributed by atoms with Crippen LogP contribution in [0, 0.1) is 0 Å². The fraction of sp³-hybridized carbons (Fsp3) is 0.389. The van der Waals surface area contributed by atoms with E-state index in [2.05, 4.69) is 9.97 Å². The van der Waals surface area contributed by atoms with E-state index in [1.807, 2.05) is 14.1 Å². The van der Waals surface area contributed by atoms with Crippen LogP contribution >= 0.6 is 0 Å². The fourth-order valence-corrected chi connectivity index (χ4v) is 3.01. The highest BCUT2D eigenvalue weighted by molar-refractivity contribution is 5.94. The summed E-state index contributed by atoms with van der Waals surface area (Å²) in [5, 5.41) is 9.09. The van der Waals surface area contributed by atoms with Gasteiger partial charge in [0.2, 0.25) is 5.95 Å². The molecule has 1 aromatic carbocycles. The summed E-state index contributed by atoms with van der Waals surface area (Å²) in [7, 11) is 3.64. The minimum Gasteiger partial charge on any atom is -0.392 e. The van der Waals surface area contributed by atoms with E-state index in [-0.39, 0.29) is 24.0 Å². The third kappa shape index (κ3) is 3.71. The molecule has 3 rings (SSSR count). The van der Waals surface area contributed by atoms with Gasteiger partial charge in [-0.05, 0) is 24.1 Å². The number of aliphatic hydroxyl groups excluding tert-OH is 1. The molecule has 1 fully saturated rings. The Morgan fingerprint density at radius 2 is 2.08 bits per heavy atom. The van der Waals surface area contributed by atoms with Crippen molar-refractivity contribution in [3.63, 3.8) is 0 Å². The number of likely N-dealkylation sites (tertiary alicyclic amines) is 1. The molecule has 132 valence electrons. The first-order valence-corrected chi connectivity index (χ1v) is 8.25. The van der Waals surface area contributed by atoms with Gasteiger partial charge in [-0.2, -0.15) is 0 Å². The number of amides is 1. The zero-order chi connectivity index (χ0) is 18.0. The van der Waals surface area contributed by atoms with Crippen molar-refractivity contribution in [2.75, 3.05) is 32.1 Å². The second-order valence-electron chi connectivity index (χ2n) is 6.48. The van der Waals surface area contributed by atoms with Crippen LogP contribution in [0.2, 0.25) is 0 Å². The number of hydrogen-bond acceptors (Lipinski definition) is 5. The van der Waals surface area contributed by atoms with E-state index in [0.717, 1.165) is 17.7 Å². The van der Waals surface area contributed by atoms with Crippen LogP contribution in [0.1, 0.15) is 34.0 Å². The molecule has 7 nitrogen and oxygen atoms in total. The van der Waals surface area contributed by atoms with Gasteiger partial charge in [-0.15, -0.1) is 0 Å². The number of aromatic amines is 1. The molecule has 2 N–H and O–H groups in total. The number of H-pyrrole nitrogens is 1. The first kappa shape index (κ1) is 17.2. The van der Waals surface area contributed by atoms with E-state index in [4.69, 9.17) is 5.11 Å². The molecule has 0 radical (unpaired) electrons. The minimum absolute atomic E-state index is 0.0373. The monoisotopic (exact) mass is 342 g/mol. The van der Waals surface area contributed by atoms with Crippen LogP contribution < -0.4 is 10.5 Å². The van der Waals surface area contributed by atoms with Gasteiger partial charge in [-0.3, -0.25) is 14.6 Å². The largest absolute Gasteiger partial charge is 0.392 e. The van der Waals surface area contributed by atoms with E-state index in [1.54, 1.807) is 34.1 Å². The Morgan fingerprint density at radius 1 is 1.36 bits per heavy atom. The molecule has 2 heterocycles. The van der Waals surface area contributed by atoms with Gasteiger partial charge in [-0.25, -0.2) is 4.98 Å². The summed E-state index contributed by atoms with van der Waals surface area (Å²) in [6, 6.07) is 8.49. The normalized spacial score (nSPS) is 16.9. The van der Waals surface area contributed by atoms with Crippen molar-refractivity contribution in [3.8, 4) is 0 Å². The van der Waals surface area contributed by atoms with Gasteiger partial charge < -0.3 is 14.9 Å². The number of rotatable bonds is 4. The lowest BCUT2D eigenvalue weighted by Crippen LogP contribution is -2.28. The van der Waals surface area contributed by atoms with Crippen molar-refractivity contribution in [1.29, 1.82) is 0 Å². The lowest BCUT2D eigenvalue weighted by Gasteiger charge is -2.17. The summed E-state index contributed by atoms with van der Waals surface area (Å²) in [5.74, 6) is 0.540. The van der Waals surface area contributed by atoms with Crippen molar-refractivity contribution in [2.45, 2.75) is 18.9 Å². The van der Waals surface area contributed by atoms with Crippen LogP contribution in [0.3, 0.4) is 0 Å². The van der Waals surface area contributed by atoms with Crippen LogP contribution in [-0.4, -0.2) is 53.1 Å². The van der Waals surface area contributed by atoms with Crippen LogP contribution in [0.25, 0.3) is 0 Å². The van der Waals surface area contributed by atoms with E-state index < -0.39 is 0 Å². The molecule has 1 atom stereocenters. The predicted octanol–water partition coefficient (Wildman–Crippen LogP) is 0.958. The number of carbonyl (C=O) groups excluding carboxylic acids is 1. The molecule has 0 saturated carbocycles. The summed E-state index contributed by atoms with van der Waals surface area (Å²) < 4.78 is 0. The molecule has 1 aromatic heterocycles. The smallest absolute Gasteiger partial charge is 0.253 e. The number of anilines is 1. The van der Waals surface area contributed by atoms with E-state index >= 15 is 0 Å². The van der Waals surface area contributed by atoms with Crippen LogP contribution in [-0.2, 0) is 6.61 Å². The highest BCUT2D eigenvalue weighted by atomic mass is 16.3. The first-order valence-electron chi connectivity index (χ1n) is 8.25. The number of carbonyl (C=O) groups is 1. The Bertz CT molecular complexity index is 814. The average Bonchev–Trinajstić information content (AvgIpc) is 3.10. The number of aliphatic hydroxyl groups is 1. The van der Waals surface area contributed by atoms with Crippen LogP contribution in [0.15, 0.2) is 35.1 Å². The van der Waals surface area contributed by atoms with Crippen LogP contribution in [0.5, 0.6) is 0 Å². The number of benzene rings is 1. The minimum atomic E-state index is -0.182. The van der Waals surface area contributed by atoms with Gasteiger partial charge in [0.05, 0.1) is 12.3 Å². The summed E-state index contributed by atoms with van der Waals surface area (Å²) in [4.78, 5) is 35.2. The molecule has 1 amide bonds. The number of aromatic nitrogens is 2. The van der Waals surface area contributed by atoms with Gasteiger partial charge in [0, 0.05) is 44.7 Å². The number of nitrogens with zero attached hydrogens (tertiary/aromatic N) is 3. The molecule has 1 aliphatic heterocycles. The Kier molecular flexibility index (Phi) is 4.85. The number of nitrogens with one attached hydrogen (secondary N) is 1. The van der Waals surface area contributed by atoms with E-state index in [1.165, 1.54) is 6.07 Å². The van der Waals surface area contributed by atoms with Crippen LogP contribution in [0.4, 0.5) is 5.95 Å². The molecule has 1 saturated heterocycles. The second-order valence-corrected chi connectivity index (χ2v) is 6.48. The molecular formula is C18H22N4O3. The molecule has 0 aliphatic carbocycles.